The van der Waals surface area contributed by atoms with Gasteiger partial charge in [-0.3, -0.25) is 19.3 Å². The number of benzene rings is 1. The average molecular weight is 331 g/mol. The van der Waals surface area contributed by atoms with Crippen molar-refractivity contribution in [1.29, 1.82) is 0 Å². The first-order valence-electron chi connectivity index (χ1n) is 7.89. The first kappa shape index (κ1) is 15.3. The maximum absolute atomic E-state index is 12.7. The summed E-state index contributed by atoms with van der Waals surface area (Å²) in [6.45, 7) is 1.43. The monoisotopic (exact) mass is 331 g/mol. The minimum absolute atomic E-state index is 0.194. The molecule has 24 heavy (non-hydrogen) atoms. The van der Waals surface area contributed by atoms with E-state index in [1.165, 1.54) is 11.8 Å². The normalized spacial score (nSPS) is 37.0. The van der Waals surface area contributed by atoms with E-state index in [4.69, 9.17) is 9.47 Å². The van der Waals surface area contributed by atoms with Gasteiger partial charge in [0.05, 0.1) is 18.4 Å². The van der Waals surface area contributed by atoms with E-state index in [0.29, 0.717) is 0 Å². The molecule has 3 fully saturated rings. The van der Waals surface area contributed by atoms with Gasteiger partial charge < -0.3 is 14.6 Å². The summed E-state index contributed by atoms with van der Waals surface area (Å²) in [7, 11) is 0. The molecule has 3 heterocycles. The summed E-state index contributed by atoms with van der Waals surface area (Å²) in [6, 6.07) is 9.23. The van der Waals surface area contributed by atoms with Gasteiger partial charge in [-0.05, 0) is 5.56 Å². The summed E-state index contributed by atoms with van der Waals surface area (Å²) >= 11 is 0. The Morgan fingerprint density at radius 2 is 1.79 bits per heavy atom. The summed E-state index contributed by atoms with van der Waals surface area (Å²) in [6.07, 6.45) is -3.56. The SMILES string of the molecule is CC(=O)OC1C2O[C@@H](C3C(=O)N(Cc4ccccc4)C(=O)C23)[C@H]1O. The van der Waals surface area contributed by atoms with Gasteiger partial charge in [0, 0.05) is 6.92 Å². The number of aliphatic hydroxyl groups excluding tert-OH is 1. The smallest absolute Gasteiger partial charge is 0.303 e. The van der Waals surface area contributed by atoms with Crippen LogP contribution >= 0.6 is 0 Å². The topological polar surface area (TPSA) is 93.1 Å². The van der Waals surface area contributed by atoms with E-state index in [1.807, 2.05) is 30.3 Å². The fraction of sp³-hybridized carbons (Fsp3) is 0.471. The number of rotatable bonds is 3. The average Bonchev–Trinajstić information content (AvgIpc) is 3.16. The minimum Gasteiger partial charge on any atom is -0.457 e. The summed E-state index contributed by atoms with van der Waals surface area (Å²) in [4.78, 5) is 37.8. The fourth-order valence-corrected chi connectivity index (χ4v) is 4.02. The Morgan fingerprint density at radius 1 is 1.17 bits per heavy atom. The van der Waals surface area contributed by atoms with E-state index < -0.39 is 42.2 Å². The number of esters is 1. The van der Waals surface area contributed by atoms with Crippen LogP contribution in [-0.4, -0.2) is 52.2 Å². The molecule has 4 rings (SSSR count). The number of hydrogen-bond acceptors (Lipinski definition) is 6. The maximum atomic E-state index is 12.7. The van der Waals surface area contributed by atoms with Gasteiger partial charge in [0.1, 0.15) is 18.3 Å². The third kappa shape index (κ3) is 2.08. The van der Waals surface area contributed by atoms with Crippen LogP contribution in [-0.2, 0) is 30.4 Å². The molecule has 2 bridgehead atoms. The molecule has 126 valence electrons. The molecule has 7 nitrogen and oxygen atoms in total. The highest BCUT2D eigenvalue weighted by molar-refractivity contribution is 6.06. The molecule has 0 spiro atoms. The van der Waals surface area contributed by atoms with E-state index in [1.54, 1.807) is 0 Å². The van der Waals surface area contributed by atoms with Gasteiger partial charge in [-0.2, -0.15) is 0 Å². The number of fused-ring (bicyclic) bond motifs is 5. The van der Waals surface area contributed by atoms with Crippen molar-refractivity contribution in [1.82, 2.24) is 4.90 Å². The number of likely N-dealkylation sites (tertiary alicyclic amines) is 1. The quantitative estimate of drug-likeness (QED) is 0.612. The zero-order chi connectivity index (χ0) is 17.0. The van der Waals surface area contributed by atoms with Crippen molar-refractivity contribution in [3.63, 3.8) is 0 Å². The standard InChI is InChI=1S/C17H17NO6/c1-8(19)23-15-12(20)13-10-11(14(15)24-13)17(22)18(16(10)21)7-9-5-3-2-4-6-9/h2-6,10-15,20H,7H2,1H3/t10?,11?,12-,13+,14?,15?/m1/s1. The van der Waals surface area contributed by atoms with E-state index >= 15 is 0 Å². The molecule has 0 saturated carbocycles. The maximum Gasteiger partial charge on any atom is 0.303 e. The molecule has 7 heteroatoms. The largest absolute Gasteiger partial charge is 0.457 e. The highest BCUT2D eigenvalue weighted by Gasteiger charge is 2.69. The van der Waals surface area contributed by atoms with Crippen molar-refractivity contribution in [2.75, 3.05) is 0 Å². The van der Waals surface area contributed by atoms with Gasteiger partial charge in [-0.25, -0.2) is 0 Å². The van der Waals surface area contributed by atoms with Crippen LogP contribution in [0.25, 0.3) is 0 Å². The Morgan fingerprint density at radius 3 is 2.42 bits per heavy atom. The summed E-state index contributed by atoms with van der Waals surface area (Å²) in [5.74, 6) is -2.61. The number of aliphatic hydroxyl groups is 1. The van der Waals surface area contributed by atoms with Crippen LogP contribution in [0.1, 0.15) is 12.5 Å². The Balaban J connectivity index is 1.59. The van der Waals surface area contributed by atoms with Gasteiger partial charge in [0.25, 0.3) is 0 Å². The molecular weight excluding hydrogens is 314 g/mol. The van der Waals surface area contributed by atoms with Crippen molar-refractivity contribution in [3.05, 3.63) is 35.9 Å². The number of imide groups is 1. The van der Waals surface area contributed by atoms with E-state index in [-0.39, 0.29) is 18.4 Å². The van der Waals surface area contributed by atoms with Crippen LogP contribution in [0, 0.1) is 11.8 Å². The number of nitrogens with zero attached hydrogens (tertiary/aromatic N) is 1. The lowest BCUT2D eigenvalue weighted by Crippen LogP contribution is -2.49. The lowest BCUT2D eigenvalue weighted by Gasteiger charge is -2.28. The van der Waals surface area contributed by atoms with Gasteiger partial charge in [0.2, 0.25) is 11.8 Å². The Kier molecular flexibility index (Phi) is 3.43. The van der Waals surface area contributed by atoms with E-state index in [0.717, 1.165) is 5.56 Å². The van der Waals surface area contributed by atoms with Crippen LogP contribution in [0.4, 0.5) is 0 Å². The van der Waals surface area contributed by atoms with Crippen LogP contribution in [0.3, 0.4) is 0 Å². The predicted octanol–water partition coefficient (Wildman–Crippen LogP) is -0.139. The number of ether oxygens (including phenoxy) is 2. The van der Waals surface area contributed by atoms with Crippen molar-refractivity contribution in [3.8, 4) is 0 Å². The number of carbonyl (C=O) groups is 3. The van der Waals surface area contributed by atoms with Crippen LogP contribution < -0.4 is 0 Å². The zero-order valence-electron chi connectivity index (χ0n) is 13.0. The van der Waals surface area contributed by atoms with Gasteiger partial charge in [-0.15, -0.1) is 0 Å². The molecule has 3 saturated heterocycles. The summed E-state index contributed by atoms with van der Waals surface area (Å²) < 4.78 is 10.7. The molecule has 6 atom stereocenters. The molecule has 1 N–H and O–H groups in total. The second-order valence-corrected chi connectivity index (χ2v) is 6.43. The second kappa shape index (κ2) is 5.39. The Hall–Kier alpha value is -2.25. The van der Waals surface area contributed by atoms with Gasteiger partial charge in [0.15, 0.2) is 6.10 Å². The first-order valence-corrected chi connectivity index (χ1v) is 7.89. The second-order valence-electron chi connectivity index (χ2n) is 6.43. The predicted molar refractivity (Wildman–Crippen MR) is 79.2 cm³/mol. The number of hydrogen-bond donors (Lipinski definition) is 1. The van der Waals surface area contributed by atoms with Crippen molar-refractivity contribution in [2.24, 2.45) is 11.8 Å². The highest BCUT2D eigenvalue weighted by Crippen LogP contribution is 2.49. The van der Waals surface area contributed by atoms with E-state index in [9.17, 15) is 19.5 Å². The summed E-state index contributed by atoms with van der Waals surface area (Å²) in [5, 5.41) is 10.3. The lowest BCUT2D eigenvalue weighted by atomic mass is 9.78. The summed E-state index contributed by atoms with van der Waals surface area (Å²) in [5.41, 5.74) is 0.851. The molecule has 3 aliphatic heterocycles. The molecule has 3 aliphatic rings. The zero-order valence-corrected chi connectivity index (χ0v) is 13.0. The highest BCUT2D eigenvalue weighted by atomic mass is 16.6. The molecule has 1 aromatic carbocycles. The minimum atomic E-state index is -1.09. The van der Waals surface area contributed by atoms with Crippen molar-refractivity contribution >= 4 is 17.8 Å². The molecule has 1 aromatic rings. The molecule has 2 amide bonds. The molecule has 0 aromatic heterocycles. The molecular formula is C17H17NO6. The van der Waals surface area contributed by atoms with Crippen LogP contribution in [0.15, 0.2) is 30.3 Å². The third-order valence-electron chi connectivity index (χ3n) is 4.99. The molecule has 0 aliphatic carbocycles. The number of amides is 2. The Bertz CT molecular complexity index is 704. The Labute approximate surface area is 138 Å². The molecule has 4 unspecified atom stereocenters. The molecule has 0 radical (unpaired) electrons. The van der Waals surface area contributed by atoms with Crippen LogP contribution in [0.5, 0.6) is 0 Å². The van der Waals surface area contributed by atoms with Gasteiger partial charge in [-0.1, -0.05) is 30.3 Å². The third-order valence-corrected chi connectivity index (χ3v) is 4.99. The fourth-order valence-electron chi connectivity index (χ4n) is 4.02. The number of carbonyl (C=O) groups excluding carboxylic acids is 3. The first-order chi connectivity index (χ1) is 11.5. The van der Waals surface area contributed by atoms with Crippen molar-refractivity contribution in [2.45, 2.75) is 37.9 Å². The van der Waals surface area contributed by atoms with Crippen LogP contribution in [0.2, 0.25) is 0 Å². The van der Waals surface area contributed by atoms with E-state index in [2.05, 4.69) is 0 Å². The lowest BCUT2D eigenvalue weighted by molar-refractivity contribution is -0.157. The van der Waals surface area contributed by atoms with Crippen molar-refractivity contribution < 1.29 is 29.0 Å². The van der Waals surface area contributed by atoms with Gasteiger partial charge >= 0.3 is 5.97 Å².